The second-order valence-electron chi connectivity index (χ2n) is 4.48. The summed E-state index contributed by atoms with van der Waals surface area (Å²) in [4.78, 5) is 16.3. The fourth-order valence-electron chi connectivity index (χ4n) is 1.96. The SMILES string of the molecule is O=C(C[C@H](c1ccsc1)n1cnnn1)Nc1ccc(Cl)cn1. The zero-order chi connectivity index (χ0) is 15.4. The molecule has 0 spiro atoms. The second kappa shape index (κ2) is 6.63. The monoisotopic (exact) mass is 334 g/mol. The van der Waals surface area contributed by atoms with E-state index in [1.165, 1.54) is 12.5 Å². The third kappa shape index (κ3) is 3.46. The molecule has 9 heteroatoms. The zero-order valence-electron chi connectivity index (χ0n) is 11.3. The largest absolute Gasteiger partial charge is 0.311 e. The summed E-state index contributed by atoms with van der Waals surface area (Å²) >= 11 is 7.33. The summed E-state index contributed by atoms with van der Waals surface area (Å²) in [6.07, 6.45) is 3.18. The van der Waals surface area contributed by atoms with Crippen LogP contribution in [0, 0.1) is 0 Å². The molecule has 0 aromatic carbocycles. The molecule has 3 heterocycles. The molecule has 1 N–H and O–H groups in total. The quantitative estimate of drug-likeness (QED) is 0.774. The average Bonchev–Trinajstić information content (AvgIpc) is 3.21. The molecular formula is C13H11ClN6OS. The third-order valence-electron chi connectivity index (χ3n) is 2.99. The number of hydrogen-bond acceptors (Lipinski definition) is 6. The van der Waals surface area contributed by atoms with Crippen molar-refractivity contribution in [3.63, 3.8) is 0 Å². The van der Waals surface area contributed by atoms with E-state index in [9.17, 15) is 4.79 Å². The molecule has 0 saturated carbocycles. The Morgan fingerprint density at radius 2 is 2.32 bits per heavy atom. The van der Waals surface area contributed by atoms with Crippen LogP contribution in [0.4, 0.5) is 5.82 Å². The number of rotatable bonds is 5. The highest BCUT2D eigenvalue weighted by Crippen LogP contribution is 2.23. The number of nitrogens with zero attached hydrogens (tertiary/aromatic N) is 5. The smallest absolute Gasteiger partial charge is 0.228 e. The summed E-state index contributed by atoms with van der Waals surface area (Å²) in [7, 11) is 0. The molecule has 7 nitrogen and oxygen atoms in total. The molecule has 1 atom stereocenters. The molecule has 0 fully saturated rings. The van der Waals surface area contributed by atoms with Crippen molar-refractivity contribution < 1.29 is 4.79 Å². The van der Waals surface area contributed by atoms with E-state index in [1.807, 2.05) is 16.8 Å². The van der Waals surface area contributed by atoms with Gasteiger partial charge in [0.25, 0.3) is 0 Å². The Balaban J connectivity index is 1.73. The molecule has 0 aliphatic heterocycles. The van der Waals surface area contributed by atoms with Gasteiger partial charge in [0.05, 0.1) is 17.5 Å². The van der Waals surface area contributed by atoms with E-state index in [-0.39, 0.29) is 18.4 Å². The minimum absolute atomic E-state index is 0.179. The first kappa shape index (κ1) is 14.6. The van der Waals surface area contributed by atoms with Crippen LogP contribution in [0.5, 0.6) is 0 Å². The molecule has 22 heavy (non-hydrogen) atoms. The lowest BCUT2D eigenvalue weighted by Gasteiger charge is -2.14. The lowest BCUT2D eigenvalue weighted by Crippen LogP contribution is -2.21. The van der Waals surface area contributed by atoms with E-state index < -0.39 is 0 Å². The minimum atomic E-state index is -0.256. The van der Waals surface area contributed by atoms with Gasteiger partial charge in [-0.05, 0) is 44.9 Å². The predicted octanol–water partition coefficient (Wildman–Crippen LogP) is 2.40. The lowest BCUT2D eigenvalue weighted by atomic mass is 10.1. The molecule has 3 aromatic rings. The van der Waals surface area contributed by atoms with Gasteiger partial charge in [0, 0.05) is 6.20 Å². The summed E-state index contributed by atoms with van der Waals surface area (Å²) in [5, 5.41) is 18.3. The Hall–Kier alpha value is -2.32. The fourth-order valence-corrected chi connectivity index (χ4v) is 2.78. The molecule has 3 rings (SSSR count). The molecule has 1 amide bonds. The number of amides is 1. The van der Waals surface area contributed by atoms with Gasteiger partial charge in [-0.15, -0.1) is 5.10 Å². The minimum Gasteiger partial charge on any atom is -0.311 e. The van der Waals surface area contributed by atoms with E-state index in [0.717, 1.165) is 5.56 Å². The Morgan fingerprint density at radius 3 is 2.95 bits per heavy atom. The summed E-state index contributed by atoms with van der Waals surface area (Å²) < 4.78 is 1.57. The predicted molar refractivity (Wildman–Crippen MR) is 82.8 cm³/mol. The number of halogens is 1. The van der Waals surface area contributed by atoms with Crippen LogP contribution in [-0.2, 0) is 4.79 Å². The van der Waals surface area contributed by atoms with E-state index >= 15 is 0 Å². The van der Waals surface area contributed by atoms with Gasteiger partial charge in [0.1, 0.15) is 12.1 Å². The van der Waals surface area contributed by atoms with Crippen LogP contribution in [-0.4, -0.2) is 31.1 Å². The lowest BCUT2D eigenvalue weighted by molar-refractivity contribution is -0.116. The van der Waals surface area contributed by atoms with Crippen molar-refractivity contribution in [2.75, 3.05) is 5.32 Å². The average molecular weight is 335 g/mol. The van der Waals surface area contributed by atoms with Gasteiger partial charge in [-0.25, -0.2) is 9.67 Å². The van der Waals surface area contributed by atoms with E-state index in [0.29, 0.717) is 10.8 Å². The van der Waals surface area contributed by atoms with Crippen LogP contribution in [0.2, 0.25) is 5.02 Å². The number of carbonyl (C=O) groups is 1. The molecular weight excluding hydrogens is 324 g/mol. The Bertz CT molecular complexity index is 694. The first-order valence-corrected chi connectivity index (χ1v) is 7.70. The van der Waals surface area contributed by atoms with Gasteiger partial charge < -0.3 is 5.32 Å². The zero-order valence-corrected chi connectivity index (χ0v) is 12.8. The molecule has 0 bridgehead atoms. The molecule has 3 aromatic heterocycles. The molecule has 0 radical (unpaired) electrons. The normalized spacial score (nSPS) is 12.0. The van der Waals surface area contributed by atoms with Crippen molar-refractivity contribution in [3.05, 3.63) is 52.1 Å². The van der Waals surface area contributed by atoms with Gasteiger partial charge in [0.2, 0.25) is 5.91 Å². The maximum atomic E-state index is 12.2. The van der Waals surface area contributed by atoms with Crippen LogP contribution < -0.4 is 5.32 Å². The first-order valence-electron chi connectivity index (χ1n) is 6.38. The van der Waals surface area contributed by atoms with Gasteiger partial charge in [-0.2, -0.15) is 11.3 Å². The fraction of sp³-hybridized carbons (Fsp3) is 0.154. The highest BCUT2D eigenvalue weighted by atomic mass is 35.5. The Morgan fingerprint density at radius 1 is 1.41 bits per heavy atom. The molecule has 0 saturated heterocycles. The third-order valence-corrected chi connectivity index (χ3v) is 3.91. The van der Waals surface area contributed by atoms with E-state index in [4.69, 9.17) is 11.6 Å². The van der Waals surface area contributed by atoms with Crippen LogP contribution in [0.25, 0.3) is 0 Å². The highest BCUT2D eigenvalue weighted by molar-refractivity contribution is 7.08. The van der Waals surface area contributed by atoms with Gasteiger partial charge in [0.15, 0.2) is 0 Å². The number of hydrogen-bond donors (Lipinski definition) is 1. The number of nitrogens with one attached hydrogen (secondary N) is 1. The van der Waals surface area contributed by atoms with E-state index in [1.54, 1.807) is 28.2 Å². The van der Waals surface area contributed by atoms with Gasteiger partial charge in [-0.3, -0.25) is 4.79 Å². The van der Waals surface area contributed by atoms with Crippen molar-refractivity contribution in [1.29, 1.82) is 0 Å². The number of thiophene rings is 1. The molecule has 112 valence electrons. The number of tetrazole rings is 1. The topological polar surface area (TPSA) is 85.6 Å². The molecule has 0 aliphatic carbocycles. The van der Waals surface area contributed by atoms with Crippen LogP contribution in [0.3, 0.4) is 0 Å². The Kier molecular flexibility index (Phi) is 4.40. The van der Waals surface area contributed by atoms with Crippen molar-refractivity contribution in [2.45, 2.75) is 12.5 Å². The van der Waals surface area contributed by atoms with Crippen molar-refractivity contribution in [2.24, 2.45) is 0 Å². The maximum Gasteiger partial charge on any atom is 0.228 e. The number of pyridine rings is 1. The van der Waals surface area contributed by atoms with Crippen molar-refractivity contribution in [1.82, 2.24) is 25.2 Å². The van der Waals surface area contributed by atoms with Gasteiger partial charge >= 0.3 is 0 Å². The van der Waals surface area contributed by atoms with Gasteiger partial charge in [-0.1, -0.05) is 11.6 Å². The van der Waals surface area contributed by atoms with Crippen LogP contribution >= 0.6 is 22.9 Å². The second-order valence-corrected chi connectivity index (χ2v) is 5.69. The first-order chi connectivity index (χ1) is 10.7. The Labute approximate surface area is 134 Å². The number of anilines is 1. The van der Waals surface area contributed by atoms with Crippen LogP contribution in [0.15, 0.2) is 41.5 Å². The van der Waals surface area contributed by atoms with Crippen molar-refractivity contribution >= 4 is 34.7 Å². The summed E-state index contributed by atoms with van der Waals surface area (Å²) in [5.41, 5.74) is 0.983. The van der Waals surface area contributed by atoms with Crippen molar-refractivity contribution in [3.8, 4) is 0 Å². The van der Waals surface area contributed by atoms with Crippen LogP contribution in [0.1, 0.15) is 18.0 Å². The summed E-state index contributed by atoms with van der Waals surface area (Å²) in [6, 6.07) is 5.01. The summed E-state index contributed by atoms with van der Waals surface area (Å²) in [6.45, 7) is 0. The highest BCUT2D eigenvalue weighted by Gasteiger charge is 2.20. The number of aromatic nitrogens is 5. The standard InChI is InChI=1S/C13H11ClN6OS/c14-10-1-2-12(15-6-10)17-13(21)5-11(9-3-4-22-7-9)20-8-16-18-19-20/h1-4,6-8,11H,5H2,(H,15,17,21)/t11-/m1/s1. The summed E-state index contributed by atoms with van der Waals surface area (Å²) in [5.74, 6) is 0.275. The molecule has 0 unspecified atom stereocenters. The molecule has 0 aliphatic rings. The maximum absolute atomic E-state index is 12.2. The van der Waals surface area contributed by atoms with E-state index in [2.05, 4.69) is 25.8 Å². The number of carbonyl (C=O) groups excluding carboxylic acids is 1.